The molecule has 2 aliphatic carbocycles. The highest BCUT2D eigenvalue weighted by Crippen LogP contribution is 2.37. The molecule has 0 aromatic heterocycles. The largest absolute Gasteiger partial charge is 0.383 e. The summed E-state index contributed by atoms with van der Waals surface area (Å²) in [7, 11) is 3.90. The zero-order chi connectivity index (χ0) is 12.3. The van der Waals surface area contributed by atoms with Crippen molar-refractivity contribution in [3.05, 3.63) is 0 Å². The van der Waals surface area contributed by atoms with Crippen molar-refractivity contribution in [3.8, 4) is 0 Å². The first-order valence-corrected chi connectivity index (χ1v) is 7.18. The van der Waals surface area contributed by atoms with Crippen LogP contribution in [0.3, 0.4) is 0 Å². The molecule has 0 amide bonds. The van der Waals surface area contributed by atoms with Crippen LogP contribution in [0.5, 0.6) is 0 Å². The lowest BCUT2D eigenvalue weighted by Crippen LogP contribution is -2.44. The lowest BCUT2D eigenvalue weighted by molar-refractivity contribution is 0.0822. The van der Waals surface area contributed by atoms with Gasteiger partial charge in [0.1, 0.15) is 0 Å². The number of nitrogens with zero attached hydrogens (tertiary/aromatic N) is 1. The normalized spacial score (nSPS) is 31.1. The first kappa shape index (κ1) is 13.3. The third kappa shape index (κ3) is 3.43. The van der Waals surface area contributed by atoms with Crippen LogP contribution in [0.1, 0.15) is 39.0 Å². The number of ether oxygens (including phenoxy) is 1. The van der Waals surface area contributed by atoms with E-state index in [9.17, 15) is 0 Å². The third-order valence-electron chi connectivity index (χ3n) is 4.66. The van der Waals surface area contributed by atoms with E-state index in [0.29, 0.717) is 0 Å². The highest BCUT2D eigenvalue weighted by molar-refractivity contribution is 4.92. The Balaban J connectivity index is 1.89. The number of hydrogen-bond donors (Lipinski definition) is 1. The molecule has 0 bridgehead atoms. The molecule has 3 nitrogen and oxygen atoms in total. The van der Waals surface area contributed by atoms with Crippen LogP contribution in [0.15, 0.2) is 0 Å². The Morgan fingerprint density at radius 1 is 1.29 bits per heavy atom. The Bertz CT molecular complexity index is 230. The molecule has 2 fully saturated rings. The molecule has 0 spiro atoms. The average Bonchev–Trinajstić information content (AvgIpc) is 3.09. The summed E-state index contributed by atoms with van der Waals surface area (Å²) in [6, 6.07) is 2.26. The fraction of sp³-hybridized carbons (Fsp3) is 1.00. The van der Waals surface area contributed by atoms with Crippen LogP contribution in [0.2, 0.25) is 0 Å². The molecule has 0 saturated heterocycles. The van der Waals surface area contributed by atoms with Gasteiger partial charge in [0.15, 0.2) is 0 Å². The van der Waals surface area contributed by atoms with Crippen molar-refractivity contribution >= 4 is 0 Å². The molecular weight excluding hydrogens is 212 g/mol. The fourth-order valence-corrected chi connectivity index (χ4v) is 3.29. The molecule has 2 rings (SSSR count). The minimum Gasteiger partial charge on any atom is -0.383 e. The molecule has 3 unspecified atom stereocenters. The molecule has 0 aromatic rings. The summed E-state index contributed by atoms with van der Waals surface area (Å²) in [4.78, 5) is 2.72. The Hall–Kier alpha value is -0.120. The first-order valence-electron chi connectivity index (χ1n) is 7.18. The first-order chi connectivity index (χ1) is 8.26. The Morgan fingerprint density at radius 3 is 2.59 bits per heavy atom. The molecule has 100 valence electrons. The predicted molar refractivity (Wildman–Crippen MR) is 71.3 cm³/mol. The second-order valence-electron chi connectivity index (χ2n) is 5.76. The topological polar surface area (TPSA) is 24.5 Å². The monoisotopic (exact) mass is 240 g/mol. The SMILES string of the molecule is CNC1CCC(N(CCOC)C(C)C2CC2)C1. The second kappa shape index (κ2) is 6.17. The molecule has 0 aliphatic heterocycles. The van der Waals surface area contributed by atoms with Gasteiger partial charge >= 0.3 is 0 Å². The van der Waals surface area contributed by atoms with Crippen molar-refractivity contribution < 1.29 is 4.74 Å². The van der Waals surface area contributed by atoms with Gasteiger partial charge in [-0.05, 0) is 52.0 Å². The maximum absolute atomic E-state index is 5.28. The molecule has 0 aromatic carbocycles. The molecule has 2 saturated carbocycles. The third-order valence-corrected chi connectivity index (χ3v) is 4.66. The summed E-state index contributed by atoms with van der Waals surface area (Å²) < 4.78 is 5.28. The van der Waals surface area contributed by atoms with Crippen molar-refractivity contribution in [1.82, 2.24) is 10.2 Å². The van der Waals surface area contributed by atoms with E-state index in [2.05, 4.69) is 24.2 Å². The molecule has 0 heterocycles. The van der Waals surface area contributed by atoms with Crippen LogP contribution < -0.4 is 5.32 Å². The average molecular weight is 240 g/mol. The lowest BCUT2D eigenvalue weighted by atomic mass is 10.1. The summed E-state index contributed by atoms with van der Waals surface area (Å²) in [6.45, 7) is 4.40. The molecule has 3 atom stereocenters. The number of rotatable bonds is 7. The van der Waals surface area contributed by atoms with Gasteiger partial charge in [0.2, 0.25) is 0 Å². The van der Waals surface area contributed by atoms with Gasteiger partial charge in [-0.25, -0.2) is 0 Å². The Kier molecular flexibility index (Phi) is 4.83. The maximum Gasteiger partial charge on any atom is 0.0589 e. The smallest absolute Gasteiger partial charge is 0.0589 e. The van der Waals surface area contributed by atoms with Crippen molar-refractivity contribution in [2.75, 3.05) is 27.3 Å². The van der Waals surface area contributed by atoms with E-state index in [-0.39, 0.29) is 0 Å². The van der Waals surface area contributed by atoms with Crippen LogP contribution >= 0.6 is 0 Å². The second-order valence-corrected chi connectivity index (χ2v) is 5.76. The van der Waals surface area contributed by atoms with Gasteiger partial charge in [-0.2, -0.15) is 0 Å². The highest BCUT2D eigenvalue weighted by Gasteiger charge is 2.37. The van der Waals surface area contributed by atoms with Crippen LogP contribution in [0, 0.1) is 5.92 Å². The minimum absolute atomic E-state index is 0.733. The van der Waals surface area contributed by atoms with E-state index >= 15 is 0 Å². The van der Waals surface area contributed by atoms with Gasteiger partial charge in [0, 0.05) is 31.8 Å². The van der Waals surface area contributed by atoms with E-state index < -0.39 is 0 Å². The Morgan fingerprint density at radius 2 is 2.06 bits per heavy atom. The van der Waals surface area contributed by atoms with E-state index in [1.54, 1.807) is 0 Å². The van der Waals surface area contributed by atoms with Gasteiger partial charge in [-0.1, -0.05) is 0 Å². The van der Waals surface area contributed by atoms with Crippen molar-refractivity contribution in [2.45, 2.75) is 57.2 Å². The quantitative estimate of drug-likeness (QED) is 0.735. The Labute approximate surface area is 106 Å². The van der Waals surface area contributed by atoms with Gasteiger partial charge in [0.05, 0.1) is 6.61 Å². The van der Waals surface area contributed by atoms with E-state index in [1.165, 1.54) is 32.1 Å². The molecule has 2 aliphatic rings. The standard InChI is InChI=1S/C14H28N2O/c1-11(12-4-5-12)16(8-9-17-3)14-7-6-13(10-14)15-2/h11-15H,4-10H2,1-3H3. The van der Waals surface area contributed by atoms with Crippen LogP contribution in [-0.2, 0) is 4.74 Å². The summed E-state index contributed by atoms with van der Waals surface area (Å²) in [6.07, 6.45) is 6.88. The molecule has 0 radical (unpaired) electrons. The number of methoxy groups -OCH3 is 1. The molecule has 1 N–H and O–H groups in total. The van der Waals surface area contributed by atoms with Gasteiger partial charge in [-0.15, -0.1) is 0 Å². The van der Waals surface area contributed by atoms with Gasteiger partial charge < -0.3 is 10.1 Å². The summed E-state index contributed by atoms with van der Waals surface area (Å²) in [5, 5.41) is 3.43. The lowest BCUT2D eigenvalue weighted by Gasteiger charge is -2.34. The fourth-order valence-electron chi connectivity index (χ4n) is 3.29. The molecular formula is C14H28N2O. The minimum atomic E-state index is 0.733. The van der Waals surface area contributed by atoms with Crippen molar-refractivity contribution in [3.63, 3.8) is 0 Å². The van der Waals surface area contributed by atoms with E-state index in [1.807, 2.05) is 7.11 Å². The van der Waals surface area contributed by atoms with Crippen LogP contribution in [0.25, 0.3) is 0 Å². The zero-order valence-electron chi connectivity index (χ0n) is 11.6. The van der Waals surface area contributed by atoms with E-state index in [0.717, 1.165) is 37.2 Å². The van der Waals surface area contributed by atoms with E-state index in [4.69, 9.17) is 4.74 Å². The molecule has 3 heteroatoms. The van der Waals surface area contributed by atoms with Crippen LogP contribution in [0.4, 0.5) is 0 Å². The zero-order valence-corrected chi connectivity index (χ0v) is 11.6. The summed E-state index contributed by atoms with van der Waals surface area (Å²) >= 11 is 0. The highest BCUT2D eigenvalue weighted by atomic mass is 16.5. The number of hydrogen-bond acceptors (Lipinski definition) is 3. The van der Waals surface area contributed by atoms with Crippen LogP contribution in [-0.4, -0.2) is 50.3 Å². The maximum atomic E-state index is 5.28. The summed E-state index contributed by atoms with van der Waals surface area (Å²) in [5.41, 5.74) is 0. The van der Waals surface area contributed by atoms with Gasteiger partial charge in [0.25, 0.3) is 0 Å². The van der Waals surface area contributed by atoms with Gasteiger partial charge in [-0.3, -0.25) is 4.90 Å². The van der Waals surface area contributed by atoms with Crippen molar-refractivity contribution in [2.24, 2.45) is 5.92 Å². The van der Waals surface area contributed by atoms with Crippen molar-refractivity contribution in [1.29, 1.82) is 0 Å². The number of nitrogens with one attached hydrogen (secondary N) is 1. The molecule has 17 heavy (non-hydrogen) atoms. The predicted octanol–water partition coefficient (Wildman–Crippen LogP) is 1.87. The summed E-state index contributed by atoms with van der Waals surface area (Å²) in [5.74, 6) is 0.959.